The van der Waals surface area contributed by atoms with Crippen molar-refractivity contribution in [2.45, 2.75) is 25.2 Å². The van der Waals surface area contributed by atoms with E-state index in [2.05, 4.69) is 10.1 Å². The molecule has 0 spiro atoms. The quantitative estimate of drug-likeness (QED) is 0.796. The number of sulfone groups is 1. The first-order chi connectivity index (χ1) is 7.61. The molecular weight excluding hydrogens is 230 g/mol. The van der Waals surface area contributed by atoms with Crippen LogP contribution in [-0.4, -0.2) is 36.6 Å². The summed E-state index contributed by atoms with van der Waals surface area (Å²) in [4.78, 5) is 4.22. The minimum absolute atomic E-state index is 0.0857. The summed E-state index contributed by atoms with van der Waals surface area (Å²) in [5.41, 5.74) is 5.38. The third kappa shape index (κ3) is 2.59. The zero-order valence-electron chi connectivity index (χ0n) is 8.92. The lowest BCUT2D eigenvalue weighted by atomic mass is 10.0. The molecule has 1 aromatic rings. The number of aromatic nitrogens is 2. The largest absolute Gasteiger partial charge is 0.339 e. The van der Waals surface area contributed by atoms with Gasteiger partial charge in [0.15, 0.2) is 5.82 Å². The van der Waals surface area contributed by atoms with E-state index in [-0.39, 0.29) is 17.4 Å². The van der Waals surface area contributed by atoms with Crippen LogP contribution in [0.25, 0.3) is 0 Å². The second kappa shape index (κ2) is 4.50. The summed E-state index contributed by atoms with van der Waals surface area (Å²) in [6, 6.07) is 0. The van der Waals surface area contributed by atoms with Crippen LogP contribution in [0.5, 0.6) is 0 Å². The minimum atomic E-state index is -2.84. The molecule has 2 heterocycles. The second-order valence-corrected chi connectivity index (χ2v) is 6.32. The van der Waals surface area contributed by atoms with Gasteiger partial charge in [-0.3, -0.25) is 0 Å². The summed E-state index contributed by atoms with van der Waals surface area (Å²) in [6.45, 7) is 0.484. The van der Waals surface area contributed by atoms with Crippen molar-refractivity contribution < 1.29 is 12.9 Å². The Balaban J connectivity index is 2.02. The molecule has 1 aliphatic heterocycles. The van der Waals surface area contributed by atoms with Crippen molar-refractivity contribution >= 4 is 9.84 Å². The van der Waals surface area contributed by atoms with Crippen LogP contribution in [0.15, 0.2) is 4.52 Å². The maximum Gasteiger partial charge on any atom is 0.229 e. The highest BCUT2D eigenvalue weighted by molar-refractivity contribution is 7.91. The molecule has 2 N–H and O–H groups in total. The van der Waals surface area contributed by atoms with Crippen LogP contribution in [0, 0.1) is 0 Å². The molecule has 1 saturated heterocycles. The Morgan fingerprint density at radius 1 is 1.38 bits per heavy atom. The number of nitrogens with zero attached hydrogens (tertiary/aromatic N) is 2. The molecule has 0 amide bonds. The zero-order valence-corrected chi connectivity index (χ0v) is 9.74. The van der Waals surface area contributed by atoms with Gasteiger partial charge in [-0.2, -0.15) is 4.98 Å². The predicted molar refractivity (Wildman–Crippen MR) is 57.7 cm³/mol. The van der Waals surface area contributed by atoms with Crippen LogP contribution in [0.3, 0.4) is 0 Å². The smallest absolute Gasteiger partial charge is 0.229 e. The molecule has 0 bridgehead atoms. The highest BCUT2D eigenvalue weighted by Gasteiger charge is 2.28. The first-order valence-corrected chi connectivity index (χ1v) is 7.16. The molecule has 1 aliphatic rings. The van der Waals surface area contributed by atoms with Crippen molar-refractivity contribution in [3.8, 4) is 0 Å². The van der Waals surface area contributed by atoms with Gasteiger partial charge < -0.3 is 10.3 Å². The van der Waals surface area contributed by atoms with Crippen LogP contribution in [0.1, 0.15) is 30.5 Å². The summed E-state index contributed by atoms with van der Waals surface area (Å²) in [5, 5.41) is 3.80. The molecule has 0 unspecified atom stereocenters. The molecule has 0 saturated carbocycles. The fraction of sp³-hybridized carbons (Fsp3) is 0.778. The van der Waals surface area contributed by atoms with Gasteiger partial charge in [0, 0.05) is 12.3 Å². The molecule has 0 aromatic carbocycles. The Morgan fingerprint density at radius 3 is 2.69 bits per heavy atom. The molecule has 90 valence electrons. The Hall–Kier alpha value is -0.950. The summed E-state index contributed by atoms with van der Waals surface area (Å²) < 4.78 is 27.6. The van der Waals surface area contributed by atoms with E-state index in [4.69, 9.17) is 10.3 Å². The lowest BCUT2D eigenvalue weighted by Gasteiger charge is -2.17. The number of hydrogen-bond acceptors (Lipinski definition) is 6. The van der Waals surface area contributed by atoms with Gasteiger partial charge in [-0.1, -0.05) is 5.16 Å². The molecule has 0 aliphatic carbocycles. The molecule has 0 atom stereocenters. The zero-order chi connectivity index (χ0) is 11.6. The minimum Gasteiger partial charge on any atom is -0.339 e. The normalized spacial score (nSPS) is 21.1. The Morgan fingerprint density at radius 2 is 2.06 bits per heavy atom. The van der Waals surface area contributed by atoms with E-state index >= 15 is 0 Å². The fourth-order valence-corrected chi connectivity index (χ4v) is 3.29. The van der Waals surface area contributed by atoms with Crippen LogP contribution in [0.4, 0.5) is 0 Å². The Bertz CT molecular complexity index is 440. The standard InChI is InChI=1S/C9H15N3O3S/c10-4-1-8-11-9(15-12-8)7-2-5-16(13,14)6-3-7/h7H,1-6,10H2. The highest BCUT2D eigenvalue weighted by Crippen LogP contribution is 2.27. The van der Waals surface area contributed by atoms with E-state index < -0.39 is 9.84 Å². The third-order valence-electron chi connectivity index (χ3n) is 2.76. The van der Waals surface area contributed by atoms with Crippen molar-refractivity contribution in [2.75, 3.05) is 18.1 Å². The van der Waals surface area contributed by atoms with E-state index in [9.17, 15) is 8.42 Å². The number of hydrogen-bond donors (Lipinski definition) is 1. The van der Waals surface area contributed by atoms with Crippen LogP contribution >= 0.6 is 0 Å². The fourth-order valence-electron chi connectivity index (χ4n) is 1.80. The maximum absolute atomic E-state index is 11.3. The van der Waals surface area contributed by atoms with Crippen molar-refractivity contribution in [1.29, 1.82) is 0 Å². The molecule has 1 aromatic heterocycles. The molecule has 0 radical (unpaired) electrons. The van der Waals surface area contributed by atoms with Crippen LogP contribution in [0.2, 0.25) is 0 Å². The van der Waals surface area contributed by atoms with Crippen LogP contribution in [-0.2, 0) is 16.3 Å². The first-order valence-electron chi connectivity index (χ1n) is 5.34. The predicted octanol–water partition coefficient (Wildman–Crippen LogP) is -0.137. The van der Waals surface area contributed by atoms with Gasteiger partial charge in [-0.25, -0.2) is 8.42 Å². The number of rotatable bonds is 3. The average molecular weight is 245 g/mol. The highest BCUT2D eigenvalue weighted by atomic mass is 32.2. The maximum atomic E-state index is 11.3. The molecule has 16 heavy (non-hydrogen) atoms. The van der Waals surface area contributed by atoms with Crippen molar-refractivity contribution in [3.63, 3.8) is 0 Å². The monoisotopic (exact) mass is 245 g/mol. The van der Waals surface area contributed by atoms with E-state index in [1.54, 1.807) is 0 Å². The third-order valence-corrected chi connectivity index (χ3v) is 4.47. The molecule has 7 heteroatoms. The van der Waals surface area contributed by atoms with Gasteiger partial charge in [-0.05, 0) is 19.4 Å². The van der Waals surface area contributed by atoms with E-state index in [1.807, 2.05) is 0 Å². The topological polar surface area (TPSA) is 99.1 Å². The van der Waals surface area contributed by atoms with Gasteiger partial charge in [0.1, 0.15) is 9.84 Å². The summed E-state index contributed by atoms with van der Waals surface area (Å²) >= 11 is 0. The van der Waals surface area contributed by atoms with Gasteiger partial charge in [0.2, 0.25) is 5.89 Å². The summed E-state index contributed by atoms with van der Waals surface area (Å²) in [5.74, 6) is 1.67. The van der Waals surface area contributed by atoms with Crippen molar-refractivity contribution in [2.24, 2.45) is 5.73 Å². The first kappa shape index (κ1) is 11.5. The van der Waals surface area contributed by atoms with Crippen molar-refractivity contribution in [1.82, 2.24) is 10.1 Å². The van der Waals surface area contributed by atoms with Crippen LogP contribution < -0.4 is 5.73 Å². The molecule has 1 fully saturated rings. The van der Waals surface area contributed by atoms with E-state index in [1.165, 1.54) is 0 Å². The summed E-state index contributed by atoms with van der Waals surface area (Å²) in [7, 11) is -2.84. The summed E-state index contributed by atoms with van der Waals surface area (Å²) in [6.07, 6.45) is 1.74. The van der Waals surface area contributed by atoms with E-state index in [0.29, 0.717) is 37.5 Å². The second-order valence-electron chi connectivity index (χ2n) is 4.01. The van der Waals surface area contributed by atoms with Gasteiger partial charge >= 0.3 is 0 Å². The lowest BCUT2D eigenvalue weighted by Crippen LogP contribution is -2.22. The van der Waals surface area contributed by atoms with E-state index in [0.717, 1.165) is 0 Å². The SMILES string of the molecule is NCCc1noc(C2CCS(=O)(=O)CC2)n1. The van der Waals surface area contributed by atoms with Gasteiger partial charge in [0.05, 0.1) is 11.5 Å². The Kier molecular flexibility index (Phi) is 3.25. The molecule has 6 nitrogen and oxygen atoms in total. The molecule has 2 rings (SSSR count). The lowest BCUT2D eigenvalue weighted by molar-refractivity contribution is 0.340. The average Bonchev–Trinajstić information content (AvgIpc) is 2.67. The van der Waals surface area contributed by atoms with Crippen molar-refractivity contribution in [3.05, 3.63) is 11.7 Å². The Labute approximate surface area is 94.1 Å². The number of nitrogens with two attached hydrogens (primary N) is 1. The van der Waals surface area contributed by atoms with Gasteiger partial charge in [0.25, 0.3) is 0 Å². The van der Waals surface area contributed by atoms with Gasteiger partial charge in [-0.15, -0.1) is 0 Å². The molecular formula is C9H15N3O3S.